The Morgan fingerprint density at radius 1 is 1.12 bits per heavy atom. The fourth-order valence-electron chi connectivity index (χ4n) is 2.48. The van der Waals surface area contributed by atoms with Crippen LogP contribution >= 0.6 is 0 Å². The van der Waals surface area contributed by atoms with Crippen LogP contribution in [-0.4, -0.2) is 5.91 Å². The Morgan fingerprint density at radius 3 is 2.29 bits per heavy atom. The van der Waals surface area contributed by atoms with Crippen LogP contribution in [0.2, 0.25) is 0 Å². The molecule has 5 heteroatoms. The molecule has 0 saturated carbocycles. The van der Waals surface area contributed by atoms with Crippen LogP contribution in [0.4, 0.5) is 14.5 Å². The van der Waals surface area contributed by atoms with Gasteiger partial charge in [0, 0.05) is 17.3 Å². The van der Waals surface area contributed by atoms with Crippen molar-refractivity contribution in [1.29, 1.82) is 5.26 Å². The van der Waals surface area contributed by atoms with E-state index in [2.05, 4.69) is 5.32 Å². The fourth-order valence-corrected chi connectivity index (χ4v) is 2.48. The number of anilines is 1. The van der Waals surface area contributed by atoms with Gasteiger partial charge in [0.25, 0.3) is 5.91 Å². The van der Waals surface area contributed by atoms with Gasteiger partial charge in [0.2, 0.25) is 0 Å². The van der Waals surface area contributed by atoms with Crippen LogP contribution in [0.5, 0.6) is 0 Å². The number of hydrogen-bond acceptors (Lipinski definition) is 2. The molecule has 0 fully saturated rings. The second kappa shape index (κ2) is 7.05. The average Bonchev–Trinajstić information content (AvgIpc) is 2.50. The molecule has 1 N–H and O–H groups in total. The highest BCUT2D eigenvalue weighted by Gasteiger charge is 2.14. The SMILES string of the molecule is Cc1cc(C)c(NC(=O)/C(C#N)=C\c2ccc(F)cc2F)c(C)c1. The van der Waals surface area contributed by atoms with Crippen molar-refractivity contribution in [2.45, 2.75) is 20.8 Å². The third kappa shape index (κ3) is 3.85. The van der Waals surface area contributed by atoms with Gasteiger partial charge in [0.1, 0.15) is 23.3 Å². The standard InChI is InChI=1S/C19H16F2N2O/c1-11-6-12(2)18(13(3)7-11)23-19(24)15(10-22)8-14-4-5-16(20)9-17(14)21/h4-9H,1-3H3,(H,23,24)/b15-8-. The van der Waals surface area contributed by atoms with Crippen LogP contribution in [0.15, 0.2) is 35.9 Å². The van der Waals surface area contributed by atoms with Crippen molar-refractivity contribution in [2.24, 2.45) is 0 Å². The molecule has 0 aromatic heterocycles. The van der Waals surface area contributed by atoms with E-state index in [4.69, 9.17) is 0 Å². The minimum atomic E-state index is -0.835. The number of nitriles is 1. The molecule has 2 aromatic rings. The molecule has 0 atom stereocenters. The summed E-state index contributed by atoms with van der Waals surface area (Å²) in [4.78, 5) is 12.3. The highest BCUT2D eigenvalue weighted by Crippen LogP contribution is 2.23. The van der Waals surface area contributed by atoms with Gasteiger partial charge in [0.15, 0.2) is 0 Å². The quantitative estimate of drug-likeness (QED) is 0.670. The van der Waals surface area contributed by atoms with E-state index in [1.165, 1.54) is 6.07 Å². The lowest BCUT2D eigenvalue weighted by Crippen LogP contribution is -2.15. The highest BCUT2D eigenvalue weighted by atomic mass is 19.1. The van der Waals surface area contributed by atoms with Gasteiger partial charge in [0.05, 0.1) is 0 Å². The molecule has 0 spiro atoms. The number of amides is 1. The molecule has 3 nitrogen and oxygen atoms in total. The molecule has 2 aromatic carbocycles. The van der Waals surface area contributed by atoms with Crippen LogP contribution in [-0.2, 0) is 4.79 Å². The molecule has 0 aliphatic rings. The first-order valence-electron chi connectivity index (χ1n) is 7.28. The van der Waals surface area contributed by atoms with Gasteiger partial charge in [-0.15, -0.1) is 0 Å². The summed E-state index contributed by atoms with van der Waals surface area (Å²) in [7, 11) is 0. The van der Waals surface area contributed by atoms with Gasteiger partial charge in [-0.2, -0.15) is 5.26 Å². The van der Waals surface area contributed by atoms with E-state index in [0.29, 0.717) is 11.8 Å². The molecular weight excluding hydrogens is 310 g/mol. The number of halogens is 2. The maximum Gasteiger partial charge on any atom is 0.266 e. The first-order valence-corrected chi connectivity index (χ1v) is 7.28. The minimum Gasteiger partial charge on any atom is -0.321 e. The molecule has 1 amide bonds. The van der Waals surface area contributed by atoms with E-state index in [9.17, 15) is 18.8 Å². The topological polar surface area (TPSA) is 52.9 Å². The summed E-state index contributed by atoms with van der Waals surface area (Å²) in [5.74, 6) is -2.20. The molecule has 24 heavy (non-hydrogen) atoms. The summed E-state index contributed by atoms with van der Waals surface area (Å²) in [5, 5.41) is 11.9. The molecule has 0 saturated heterocycles. The lowest BCUT2D eigenvalue weighted by molar-refractivity contribution is -0.112. The van der Waals surface area contributed by atoms with Crippen molar-refractivity contribution in [3.8, 4) is 6.07 Å². The zero-order chi connectivity index (χ0) is 17.9. The Kier molecular flexibility index (Phi) is 5.10. The maximum atomic E-state index is 13.7. The predicted octanol–water partition coefficient (Wildman–Crippen LogP) is 4.44. The van der Waals surface area contributed by atoms with Gasteiger partial charge in [-0.25, -0.2) is 8.78 Å². The van der Waals surface area contributed by atoms with Crippen molar-refractivity contribution in [3.05, 3.63) is 69.8 Å². The highest BCUT2D eigenvalue weighted by molar-refractivity contribution is 6.10. The second-order valence-electron chi connectivity index (χ2n) is 5.56. The Hall–Kier alpha value is -3.00. The van der Waals surface area contributed by atoms with Gasteiger partial charge in [-0.05, 0) is 50.1 Å². The largest absolute Gasteiger partial charge is 0.321 e. The van der Waals surface area contributed by atoms with E-state index < -0.39 is 17.5 Å². The molecule has 2 rings (SSSR count). The van der Waals surface area contributed by atoms with Crippen molar-refractivity contribution >= 4 is 17.7 Å². The number of carbonyl (C=O) groups is 1. The summed E-state index contributed by atoms with van der Waals surface area (Å²) in [6.45, 7) is 5.65. The predicted molar refractivity (Wildman–Crippen MR) is 89.2 cm³/mol. The molecule has 0 unspecified atom stereocenters. The number of nitrogens with zero attached hydrogens (tertiary/aromatic N) is 1. The third-order valence-electron chi connectivity index (χ3n) is 3.54. The van der Waals surface area contributed by atoms with Gasteiger partial charge < -0.3 is 5.32 Å². The minimum absolute atomic E-state index is 0.0274. The summed E-state index contributed by atoms with van der Waals surface area (Å²) >= 11 is 0. The summed E-state index contributed by atoms with van der Waals surface area (Å²) in [5.41, 5.74) is 3.12. The number of aryl methyl sites for hydroxylation is 3. The van der Waals surface area contributed by atoms with Crippen molar-refractivity contribution in [2.75, 3.05) is 5.32 Å². The molecule has 122 valence electrons. The van der Waals surface area contributed by atoms with Crippen LogP contribution in [0, 0.1) is 43.7 Å². The van der Waals surface area contributed by atoms with Crippen molar-refractivity contribution in [1.82, 2.24) is 0 Å². The first kappa shape index (κ1) is 17.4. The molecule has 0 heterocycles. The van der Waals surface area contributed by atoms with Gasteiger partial charge >= 0.3 is 0 Å². The van der Waals surface area contributed by atoms with E-state index in [1.54, 1.807) is 6.07 Å². The van der Waals surface area contributed by atoms with Crippen LogP contribution in [0.25, 0.3) is 6.08 Å². The molecule has 0 aliphatic carbocycles. The average molecular weight is 326 g/mol. The number of rotatable bonds is 3. The Labute approximate surface area is 139 Å². The fraction of sp³-hybridized carbons (Fsp3) is 0.158. The summed E-state index contributed by atoms with van der Waals surface area (Å²) < 4.78 is 26.6. The van der Waals surface area contributed by atoms with Crippen molar-refractivity contribution in [3.63, 3.8) is 0 Å². The molecule has 0 radical (unpaired) electrons. The van der Waals surface area contributed by atoms with Gasteiger partial charge in [-0.3, -0.25) is 4.79 Å². The Morgan fingerprint density at radius 2 is 1.75 bits per heavy atom. The normalized spacial score (nSPS) is 11.1. The van der Waals surface area contributed by atoms with E-state index >= 15 is 0 Å². The Balaban J connectivity index is 2.33. The van der Waals surface area contributed by atoms with E-state index in [-0.39, 0.29) is 11.1 Å². The number of benzene rings is 2. The molecule has 0 bridgehead atoms. The number of carbonyl (C=O) groups excluding carboxylic acids is 1. The third-order valence-corrected chi connectivity index (χ3v) is 3.54. The van der Waals surface area contributed by atoms with E-state index in [1.807, 2.05) is 32.9 Å². The van der Waals surface area contributed by atoms with Crippen molar-refractivity contribution < 1.29 is 13.6 Å². The molecule has 0 aliphatic heterocycles. The zero-order valence-corrected chi connectivity index (χ0v) is 13.6. The Bertz CT molecular complexity index is 856. The summed E-state index contributed by atoms with van der Waals surface area (Å²) in [6.07, 6.45) is 1.10. The van der Waals surface area contributed by atoms with Gasteiger partial charge in [-0.1, -0.05) is 17.7 Å². The lowest BCUT2D eigenvalue weighted by atomic mass is 10.0. The summed E-state index contributed by atoms with van der Waals surface area (Å²) in [6, 6.07) is 8.53. The van der Waals surface area contributed by atoms with E-state index in [0.717, 1.165) is 28.8 Å². The monoisotopic (exact) mass is 326 g/mol. The first-order chi connectivity index (χ1) is 11.3. The molecular formula is C19H16F2N2O. The zero-order valence-electron chi connectivity index (χ0n) is 13.6. The number of nitrogens with one attached hydrogen (secondary N) is 1. The lowest BCUT2D eigenvalue weighted by Gasteiger charge is -2.12. The maximum absolute atomic E-state index is 13.7. The number of hydrogen-bond donors (Lipinski definition) is 1. The second-order valence-corrected chi connectivity index (χ2v) is 5.56. The van der Waals surface area contributed by atoms with Crippen LogP contribution in [0.1, 0.15) is 22.3 Å². The van der Waals surface area contributed by atoms with Crippen LogP contribution < -0.4 is 5.32 Å². The smallest absolute Gasteiger partial charge is 0.266 e. The van der Waals surface area contributed by atoms with Crippen LogP contribution in [0.3, 0.4) is 0 Å².